The van der Waals surface area contributed by atoms with E-state index in [2.05, 4.69) is 70.6 Å². The average Bonchev–Trinajstić information content (AvgIpc) is 2.96. The molecule has 0 aliphatic carbocycles. The highest BCUT2D eigenvalue weighted by molar-refractivity contribution is 5.83. The predicted molar refractivity (Wildman–Crippen MR) is 162 cm³/mol. The van der Waals surface area contributed by atoms with Gasteiger partial charge < -0.3 is 10.2 Å². The van der Waals surface area contributed by atoms with Crippen molar-refractivity contribution in [1.82, 2.24) is 24.4 Å². The van der Waals surface area contributed by atoms with Crippen LogP contribution in [0.25, 0.3) is 33.4 Å². The zero-order valence-corrected chi connectivity index (χ0v) is 23.5. The first-order valence-electron chi connectivity index (χ1n) is 13.8. The lowest BCUT2D eigenvalue weighted by Gasteiger charge is -2.29. The normalized spacial score (nSPS) is 14.5. The summed E-state index contributed by atoms with van der Waals surface area (Å²) in [6, 6.07) is 20.6. The van der Waals surface area contributed by atoms with Crippen molar-refractivity contribution in [1.29, 1.82) is 0 Å². The number of piperidine rings is 1. The summed E-state index contributed by atoms with van der Waals surface area (Å²) in [5.74, 6) is 1.08. The Kier molecular flexibility index (Phi) is 6.90. The monoisotopic (exact) mass is 530 g/mol. The fourth-order valence-electron chi connectivity index (χ4n) is 5.71. The van der Waals surface area contributed by atoms with Gasteiger partial charge in [0, 0.05) is 41.6 Å². The van der Waals surface area contributed by atoms with E-state index in [-0.39, 0.29) is 5.56 Å². The van der Waals surface area contributed by atoms with Gasteiger partial charge in [-0.15, -0.1) is 0 Å². The van der Waals surface area contributed by atoms with Gasteiger partial charge in [-0.2, -0.15) is 4.98 Å². The van der Waals surface area contributed by atoms with Crippen LogP contribution in [0.2, 0.25) is 0 Å². The number of aromatic nitrogens is 4. The van der Waals surface area contributed by atoms with Gasteiger partial charge in [0.25, 0.3) is 5.56 Å². The molecule has 1 aliphatic heterocycles. The molecule has 6 rings (SSSR count). The molecule has 0 bridgehead atoms. The quantitative estimate of drug-likeness (QED) is 0.290. The summed E-state index contributed by atoms with van der Waals surface area (Å²) < 4.78 is 1.61. The van der Waals surface area contributed by atoms with Crippen LogP contribution in [0.4, 0.5) is 11.6 Å². The number of benzene rings is 2. The third-order valence-electron chi connectivity index (χ3n) is 8.10. The molecule has 1 aliphatic rings. The minimum absolute atomic E-state index is 0.0931. The highest BCUT2D eigenvalue weighted by Crippen LogP contribution is 2.30. The van der Waals surface area contributed by atoms with Crippen LogP contribution in [-0.4, -0.2) is 44.6 Å². The van der Waals surface area contributed by atoms with Crippen LogP contribution < -0.4 is 10.9 Å². The van der Waals surface area contributed by atoms with Crippen molar-refractivity contribution in [3.63, 3.8) is 0 Å². The lowest BCUT2D eigenvalue weighted by molar-refractivity contribution is 0.255. The fraction of sp³-hybridized carbons (Fsp3) is 0.273. The predicted octanol–water partition coefficient (Wildman–Crippen LogP) is 6.23. The van der Waals surface area contributed by atoms with E-state index in [0.29, 0.717) is 23.1 Å². The van der Waals surface area contributed by atoms with Crippen LogP contribution in [0.15, 0.2) is 77.9 Å². The number of hydrogen-bond acceptors (Lipinski definition) is 6. The maximum absolute atomic E-state index is 13.5. The van der Waals surface area contributed by atoms with Gasteiger partial charge in [0.15, 0.2) is 0 Å². The Bertz CT molecular complexity index is 1750. The molecule has 0 unspecified atom stereocenters. The molecule has 40 heavy (non-hydrogen) atoms. The highest BCUT2D eigenvalue weighted by Gasteiger charge is 2.18. The number of anilines is 2. The van der Waals surface area contributed by atoms with Crippen LogP contribution in [-0.2, 0) is 7.05 Å². The number of pyridine rings is 2. The molecule has 4 heterocycles. The maximum Gasteiger partial charge on any atom is 0.259 e. The largest absolute Gasteiger partial charge is 0.324 e. The van der Waals surface area contributed by atoms with Crippen molar-refractivity contribution < 1.29 is 0 Å². The lowest BCUT2D eigenvalue weighted by atomic mass is 9.89. The molecule has 5 aromatic rings. The van der Waals surface area contributed by atoms with Gasteiger partial charge in [0.05, 0.1) is 5.69 Å². The number of nitrogens with one attached hydrogen (secondary N) is 1. The van der Waals surface area contributed by atoms with E-state index in [1.54, 1.807) is 24.0 Å². The van der Waals surface area contributed by atoms with Crippen molar-refractivity contribution in [3.8, 4) is 22.4 Å². The Morgan fingerprint density at radius 3 is 2.38 bits per heavy atom. The molecule has 0 atom stereocenters. The van der Waals surface area contributed by atoms with E-state index in [4.69, 9.17) is 4.98 Å². The Morgan fingerprint density at radius 1 is 0.875 bits per heavy atom. The van der Waals surface area contributed by atoms with Crippen LogP contribution in [0.3, 0.4) is 0 Å². The van der Waals surface area contributed by atoms with Crippen LogP contribution in [0, 0.1) is 13.8 Å². The van der Waals surface area contributed by atoms with Gasteiger partial charge >= 0.3 is 0 Å². The van der Waals surface area contributed by atoms with Gasteiger partial charge in [-0.1, -0.05) is 30.3 Å². The zero-order chi connectivity index (χ0) is 27.8. The SMILES string of the molecule is Cc1cc(-c2ncccc2C)ccc1-c1cc2cnc(Nc3ccc(C4CCN(C)CC4)cc3)nc2n(C)c1=O. The number of likely N-dealkylation sites (tertiary alicyclic amines) is 1. The van der Waals surface area contributed by atoms with Gasteiger partial charge in [-0.05, 0) is 105 Å². The molecule has 2 aromatic carbocycles. The van der Waals surface area contributed by atoms with Crippen molar-refractivity contribution in [2.24, 2.45) is 7.05 Å². The van der Waals surface area contributed by atoms with Crippen molar-refractivity contribution >= 4 is 22.7 Å². The fourth-order valence-corrected chi connectivity index (χ4v) is 5.71. The lowest BCUT2D eigenvalue weighted by Crippen LogP contribution is -2.29. The molecular formula is C33H34N6O. The van der Waals surface area contributed by atoms with E-state index in [0.717, 1.165) is 52.1 Å². The topological polar surface area (TPSA) is 75.9 Å². The van der Waals surface area contributed by atoms with Crippen molar-refractivity contribution in [3.05, 3.63) is 100 Å². The molecule has 3 aromatic heterocycles. The van der Waals surface area contributed by atoms with E-state index in [1.165, 1.54) is 18.4 Å². The molecule has 7 heteroatoms. The maximum atomic E-state index is 13.5. The standard InChI is InChI=1S/C33H34N6O/c1-21-6-5-15-34-30(21)25-9-12-28(22(2)18-25)29-19-26-20-35-33(37-31(26)39(4)32(29)40)36-27-10-7-23(8-11-27)24-13-16-38(3)17-14-24/h5-12,15,18-20,24H,13-14,16-17H2,1-4H3,(H,35,36,37). The molecule has 0 saturated carbocycles. The summed E-state index contributed by atoms with van der Waals surface area (Å²) in [6.45, 7) is 6.37. The van der Waals surface area contributed by atoms with E-state index in [1.807, 2.05) is 31.2 Å². The second-order valence-electron chi connectivity index (χ2n) is 10.9. The highest BCUT2D eigenvalue weighted by atomic mass is 16.1. The van der Waals surface area contributed by atoms with Crippen LogP contribution in [0.5, 0.6) is 0 Å². The Morgan fingerprint density at radius 2 is 1.65 bits per heavy atom. The molecule has 7 nitrogen and oxygen atoms in total. The summed E-state index contributed by atoms with van der Waals surface area (Å²) in [5, 5.41) is 4.12. The van der Waals surface area contributed by atoms with E-state index >= 15 is 0 Å². The molecule has 1 N–H and O–H groups in total. The first-order chi connectivity index (χ1) is 19.4. The summed E-state index contributed by atoms with van der Waals surface area (Å²) >= 11 is 0. The van der Waals surface area contributed by atoms with Crippen LogP contribution >= 0.6 is 0 Å². The Balaban J connectivity index is 1.26. The van der Waals surface area contributed by atoms with Gasteiger partial charge in [0.2, 0.25) is 5.95 Å². The summed E-state index contributed by atoms with van der Waals surface area (Å²) in [6.07, 6.45) is 5.97. The number of rotatable bonds is 5. The number of hydrogen-bond donors (Lipinski definition) is 1. The zero-order valence-electron chi connectivity index (χ0n) is 23.5. The van der Waals surface area contributed by atoms with Crippen molar-refractivity contribution in [2.45, 2.75) is 32.6 Å². The first kappa shape index (κ1) is 25.9. The van der Waals surface area contributed by atoms with Crippen LogP contribution in [0.1, 0.15) is 35.4 Å². The summed E-state index contributed by atoms with van der Waals surface area (Å²) in [5.41, 5.74) is 8.45. The second kappa shape index (κ2) is 10.7. The Hall–Kier alpha value is -4.36. The molecule has 202 valence electrons. The van der Waals surface area contributed by atoms with Gasteiger partial charge in [-0.25, -0.2) is 4.98 Å². The summed E-state index contributed by atoms with van der Waals surface area (Å²) in [7, 11) is 3.95. The Labute approximate surface area is 234 Å². The molecule has 0 spiro atoms. The minimum Gasteiger partial charge on any atom is -0.324 e. The molecular weight excluding hydrogens is 496 g/mol. The molecule has 0 amide bonds. The molecule has 0 radical (unpaired) electrons. The van der Waals surface area contributed by atoms with Crippen molar-refractivity contribution in [2.75, 3.05) is 25.5 Å². The average molecular weight is 531 g/mol. The second-order valence-corrected chi connectivity index (χ2v) is 10.9. The minimum atomic E-state index is -0.0931. The summed E-state index contributed by atoms with van der Waals surface area (Å²) in [4.78, 5) is 29.7. The number of fused-ring (bicyclic) bond motifs is 1. The smallest absolute Gasteiger partial charge is 0.259 e. The molecule has 1 fully saturated rings. The number of nitrogens with zero attached hydrogens (tertiary/aromatic N) is 5. The number of aryl methyl sites for hydroxylation is 3. The van der Waals surface area contributed by atoms with Gasteiger partial charge in [-0.3, -0.25) is 14.3 Å². The molecule has 1 saturated heterocycles. The van der Waals surface area contributed by atoms with Gasteiger partial charge in [0.1, 0.15) is 5.65 Å². The third kappa shape index (κ3) is 5.00. The first-order valence-corrected chi connectivity index (χ1v) is 13.8. The van der Waals surface area contributed by atoms with E-state index in [9.17, 15) is 4.79 Å². The third-order valence-corrected chi connectivity index (χ3v) is 8.10. The van der Waals surface area contributed by atoms with E-state index < -0.39 is 0 Å².